The molecule has 1 aliphatic heterocycles. The molecule has 3 rings (SSSR count). The summed E-state index contributed by atoms with van der Waals surface area (Å²) in [5, 5.41) is 8.14. The minimum absolute atomic E-state index is 0.124. The molecule has 1 aliphatic rings. The third-order valence-electron chi connectivity index (χ3n) is 3.20. The Kier molecular flexibility index (Phi) is 3.91. The Balaban J connectivity index is 1.81. The van der Waals surface area contributed by atoms with E-state index in [-0.39, 0.29) is 18.2 Å². The van der Waals surface area contributed by atoms with Crippen molar-refractivity contribution in [1.82, 2.24) is 4.98 Å². The van der Waals surface area contributed by atoms with Crippen molar-refractivity contribution < 1.29 is 9.59 Å². The lowest BCUT2D eigenvalue weighted by molar-refractivity contribution is -0.118. The van der Waals surface area contributed by atoms with Gasteiger partial charge in [-0.25, -0.2) is 9.99 Å². The van der Waals surface area contributed by atoms with Crippen LogP contribution in [-0.2, 0) is 9.59 Å². The molecule has 2 heterocycles. The second-order valence-corrected chi connectivity index (χ2v) is 4.76. The topological polar surface area (TPSA) is 74.7 Å². The number of benzene rings is 1. The first-order valence-corrected chi connectivity index (χ1v) is 6.92. The molecule has 0 spiro atoms. The summed E-state index contributed by atoms with van der Waals surface area (Å²) in [4.78, 5) is 28.3. The maximum absolute atomic E-state index is 12.2. The largest absolute Gasteiger partial charge is 0.305 e. The molecule has 0 radical (unpaired) electrons. The number of aromatic nitrogens is 1. The first-order valence-electron chi connectivity index (χ1n) is 6.92. The van der Waals surface area contributed by atoms with E-state index in [2.05, 4.69) is 15.4 Å². The van der Waals surface area contributed by atoms with Crippen molar-refractivity contribution in [3.63, 3.8) is 0 Å². The van der Waals surface area contributed by atoms with Gasteiger partial charge in [0.1, 0.15) is 11.5 Å². The zero-order valence-electron chi connectivity index (χ0n) is 11.8. The molecule has 0 saturated carbocycles. The molecule has 110 valence electrons. The van der Waals surface area contributed by atoms with Crippen molar-refractivity contribution in [2.45, 2.75) is 12.8 Å². The molecule has 0 atom stereocenters. The summed E-state index contributed by atoms with van der Waals surface area (Å²) in [6.45, 7) is 0. The van der Waals surface area contributed by atoms with Crippen LogP contribution in [0.25, 0.3) is 0 Å². The van der Waals surface area contributed by atoms with Crippen LogP contribution in [0.2, 0.25) is 0 Å². The van der Waals surface area contributed by atoms with Crippen LogP contribution in [0.1, 0.15) is 12.8 Å². The number of anilines is 2. The summed E-state index contributed by atoms with van der Waals surface area (Å²) in [6.07, 6.45) is 2.17. The fourth-order valence-electron chi connectivity index (χ4n) is 2.11. The van der Waals surface area contributed by atoms with Gasteiger partial charge in [0.05, 0.1) is 5.69 Å². The average molecular weight is 294 g/mol. The molecule has 0 bridgehead atoms. The number of nitrogens with zero attached hydrogens (tertiary/aromatic N) is 3. The van der Waals surface area contributed by atoms with Crippen molar-refractivity contribution in [3.8, 4) is 0 Å². The molecule has 0 saturated heterocycles. The molecular weight excluding hydrogens is 280 g/mol. The van der Waals surface area contributed by atoms with Gasteiger partial charge in [-0.15, -0.1) is 0 Å². The van der Waals surface area contributed by atoms with Gasteiger partial charge in [0.15, 0.2) is 0 Å². The number of amides is 2. The van der Waals surface area contributed by atoms with E-state index in [1.807, 2.05) is 18.2 Å². The lowest BCUT2D eigenvalue weighted by Crippen LogP contribution is -2.36. The first-order chi connectivity index (χ1) is 10.7. The summed E-state index contributed by atoms with van der Waals surface area (Å²) in [5.41, 5.74) is 0.962. The van der Waals surface area contributed by atoms with Gasteiger partial charge in [0, 0.05) is 19.0 Å². The Morgan fingerprint density at radius 2 is 1.82 bits per heavy atom. The molecular formula is C16H14N4O2. The third kappa shape index (κ3) is 3.01. The lowest BCUT2D eigenvalue weighted by Gasteiger charge is -2.22. The summed E-state index contributed by atoms with van der Waals surface area (Å²) < 4.78 is 0. The molecule has 2 amide bonds. The standard InChI is InChI=1S/C16H14N4O2/c21-15-10-9-13(16(22)18-14-8-4-5-11-17-14)19-20(15)12-6-2-1-3-7-12/h1-8,11H,9-10H2,(H,17,18,22). The fraction of sp³-hybridized carbons (Fsp3) is 0.125. The second kappa shape index (κ2) is 6.17. The van der Waals surface area contributed by atoms with Crippen LogP contribution in [-0.4, -0.2) is 22.5 Å². The first kappa shape index (κ1) is 13.9. The molecule has 1 aromatic carbocycles. The van der Waals surface area contributed by atoms with Gasteiger partial charge in [-0.3, -0.25) is 9.59 Å². The molecule has 0 fully saturated rings. The van der Waals surface area contributed by atoms with Gasteiger partial charge < -0.3 is 5.32 Å². The van der Waals surface area contributed by atoms with Crippen molar-refractivity contribution in [3.05, 3.63) is 54.7 Å². The molecule has 0 unspecified atom stereocenters. The van der Waals surface area contributed by atoms with Gasteiger partial charge in [0.25, 0.3) is 5.91 Å². The van der Waals surface area contributed by atoms with Gasteiger partial charge in [-0.2, -0.15) is 5.10 Å². The van der Waals surface area contributed by atoms with E-state index in [0.717, 1.165) is 0 Å². The number of nitrogens with one attached hydrogen (secondary N) is 1. The van der Waals surface area contributed by atoms with E-state index >= 15 is 0 Å². The van der Waals surface area contributed by atoms with Crippen LogP contribution >= 0.6 is 0 Å². The van der Waals surface area contributed by atoms with Crippen molar-refractivity contribution in [2.75, 3.05) is 10.3 Å². The Labute approximate surface area is 127 Å². The highest BCUT2D eigenvalue weighted by Gasteiger charge is 2.25. The predicted molar refractivity (Wildman–Crippen MR) is 83.5 cm³/mol. The summed E-state index contributed by atoms with van der Waals surface area (Å²) in [6, 6.07) is 14.3. The lowest BCUT2D eigenvalue weighted by atomic mass is 10.1. The van der Waals surface area contributed by atoms with Crippen molar-refractivity contribution in [1.29, 1.82) is 0 Å². The highest BCUT2D eigenvalue weighted by atomic mass is 16.2. The third-order valence-corrected chi connectivity index (χ3v) is 3.20. The number of rotatable bonds is 3. The van der Waals surface area contributed by atoms with E-state index in [4.69, 9.17) is 0 Å². The van der Waals surface area contributed by atoms with Gasteiger partial charge >= 0.3 is 0 Å². The van der Waals surface area contributed by atoms with Gasteiger partial charge in [-0.1, -0.05) is 24.3 Å². The Morgan fingerprint density at radius 3 is 2.55 bits per heavy atom. The van der Waals surface area contributed by atoms with Crippen LogP contribution in [0.3, 0.4) is 0 Å². The van der Waals surface area contributed by atoms with Crippen LogP contribution in [0, 0.1) is 0 Å². The fourth-order valence-corrected chi connectivity index (χ4v) is 2.11. The van der Waals surface area contributed by atoms with Crippen molar-refractivity contribution >= 4 is 29.0 Å². The number of pyridine rings is 1. The van der Waals surface area contributed by atoms with Crippen LogP contribution < -0.4 is 10.3 Å². The Morgan fingerprint density at radius 1 is 1.05 bits per heavy atom. The summed E-state index contributed by atoms with van der Waals surface area (Å²) in [5.74, 6) is -0.00826. The Hall–Kier alpha value is -3.02. The average Bonchev–Trinajstić information content (AvgIpc) is 2.57. The van der Waals surface area contributed by atoms with E-state index in [1.165, 1.54) is 5.01 Å². The number of carbonyl (C=O) groups is 2. The number of para-hydroxylation sites is 1. The molecule has 22 heavy (non-hydrogen) atoms. The van der Waals surface area contributed by atoms with Crippen LogP contribution in [0.15, 0.2) is 59.8 Å². The highest BCUT2D eigenvalue weighted by molar-refractivity contribution is 6.44. The van der Waals surface area contributed by atoms with Crippen LogP contribution in [0.4, 0.5) is 11.5 Å². The number of hydrogen-bond acceptors (Lipinski definition) is 4. The number of hydrogen-bond donors (Lipinski definition) is 1. The Bertz CT molecular complexity index is 713. The van der Waals surface area contributed by atoms with E-state index in [0.29, 0.717) is 23.6 Å². The normalized spacial score (nSPS) is 14.5. The van der Waals surface area contributed by atoms with E-state index < -0.39 is 0 Å². The summed E-state index contributed by atoms with van der Waals surface area (Å²) >= 11 is 0. The maximum atomic E-state index is 12.2. The van der Waals surface area contributed by atoms with E-state index in [1.54, 1.807) is 36.5 Å². The maximum Gasteiger partial charge on any atom is 0.273 e. The smallest absolute Gasteiger partial charge is 0.273 e. The summed E-state index contributed by atoms with van der Waals surface area (Å²) in [7, 11) is 0. The molecule has 1 N–H and O–H groups in total. The highest BCUT2D eigenvalue weighted by Crippen LogP contribution is 2.20. The number of carbonyl (C=O) groups excluding carboxylic acids is 2. The minimum atomic E-state index is -0.341. The molecule has 0 aliphatic carbocycles. The van der Waals surface area contributed by atoms with Crippen molar-refractivity contribution in [2.24, 2.45) is 5.10 Å². The molecule has 2 aromatic rings. The zero-order valence-corrected chi connectivity index (χ0v) is 11.8. The monoisotopic (exact) mass is 294 g/mol. The molecule has 6 nitrogen and oxygen atoms in total. The molecule has 6 heteroatoms. The van der Waals surface area contributed by atoms with Crippen LogP contribution in [0.5, 0.6) is 0 Å². The zero-order chi connectivity index (χ0) is 15.4. The second-order valence-electron chi connectivity index (χ2n) is 4.76. The quantitative estimate of drug-likeness (QED) is 0.943. The minimum Gasteiger partial charge on any atom is -0.305 e. The predicted octanol–water partition coefficient (Wildman–Crippen LogP) is 2.20. The van der Waals surface area contributed by atoms with Gasteiger partial charge in [-0.05, 0) is 24.3 Å². The SMILES string of the molecule is O=C(Nc1ccccn1)C1=NN(c2ccccc2)C(=O)CC1. The number of hydrazone groups is 1. The van der Waals surface area contributed by atoms with E-state index in [9.17, 15) is 9.59 Å². The van der Waals surface area contributed by atoms with Gasteiger partial charge in [0.2, 0.25) is 5.91 Å². The molecule has 1 aromatic heterocycles.